The van der Waals surface area contributed by atoms with E-state index in [1.807, 2.05) is 11.4 Å². The first-order valence-electron chi connectivity index (χ1n) is 11.4. The molecule has 0 atom stereocenters. The molecule has 0 radical (unpaired) electrons. The lowest BCUT2D eigenvalue weighted by Crippen LogP contribution is -2.40. The van der Waals surface area contributed by atoms with Gasteiger partial charge in [-0.2, -0.15) is 0 Å². The van der Waals surface area contributed by atoms with E-state index in [0.717, 1.165) is 44.8 Å². The molecular formula is C24H29N7O3S. The lowest BCUT2D eigenvalue weighted by atomic mass is 10.2. The summed E-state index contributed by atoms with van der Waals surface area (Å²) in [5.74, 6) is -0.349. The number of pyridine rings is 1. The van der Waals surface area contributed by atoms with Crippen LogP contribution >= 0.6 is 11.3 Å². The lowest BCUT2D eigenvalue weighted by molar-refractivity contribution is 0.0365. The summed E-state index contributed by atoms with van der Waals surface area (Å²) >= 11 is 1.37. The van der Waals surface area contributed by atoms with Gasteiger partial charge in [0.25, 0.3) is 5.91 Å². The second kappa shape index (κ2) is 12.2. The first kappa shape index (κ1) is 24.6. The smallest absolute Gasteiger partial charge is 0.323 e. The standard InChI is InChI=1S/C24H29N7O3S/c25-19-4-1-2-5-20(19)28-22(32)21-7-6-18(16-27-21)17-31(24(33)29-23-26-8-15-35-23)10-3-9-30-11-13-34-14-12-30/h1-2,4-8,15-16H,3,9-14,17,25H2,(H,28,32)(H,26,29,33). The van der Waals surface area contributed by atoms with Crippen molar-refractivity contribution in [1.82, 2.24) is 19.8 Å². The summed E-state index contributed by atoms with van der Waals surface area (Å²) in [4.78, 5) is 38.0. The number of carbonyl (C=O) groups excluding carboxylic acids is 2. The summed E-state index contributed by atoms with van der Waals surface area (Å²) in [5.41, 5.74) is 8.00. The number of rotatable bonds is 9. The van der Waals surface area contributed by atoms with E-state index < -0.39 is 0 Å². The molecule has 2 aromatic heterocycles. The molecule has 3 aromatic rings. The summed E-state index contributed by atoms with van der Waals surface area (Å²) in [5, 5.41) is 7.99. The Hall–Kier alpha value is -3.54. The zero-order valence-corrected chi connectivity index (χ0v) is 20.2. The molecule has 3 heterocycles. The van der Waals surface area contributed by atoms with Crippen LogP contribution in [0.1, 0.15) is 22.5 Å². The van der Waals surface area contributed by atoms with E-state index in [2.05, 4.69) is 25.5 Å². The molecule has 1 fully saturated rings. The molecule has 184 valence electrons. The van der Waals surface area contributed by atoms with Gasteiger partial charge in [0, 0.05) is 50.5 Å². The molecule has 0 unspecified atom stereocenters. The van der Waals surface area contributed by atoms with Gasteiger partial charge in [-0.25, -0.2) is 9.78 Å². The molecule has 0 bridgehead atoms. The fourth-order valence-electron chi connectivity index (χ4n) is 3.69. The summed E-state index contributed by atoms with van der Waals surface area (Å²) < 4.78 is 5.40. The normalized spacial score (nSPS) is 13.8. The van der Waals surface area contributed by atoms with Gasteiger partial charge in [-0.15, -0.1) is 11.3 Å². The Labute approximate surface area is 208 Å². The molecule has 0 saturated carbocycles. The second-order valence-electron chi connectivity index (χ2n) is 8.09. The van der Waals surface area contributed by atoms with Crippen molar-refractivity contribution in [2.45, 2.75) is 13.0 Å². The third-order valence-corrected chi connectivity index (χ3v) is 6.27. The molecule has 1 saturated heterocycles. The molecular weight excluding hydrogens is 466 g/mol. The average Bonchev–Trinajstić information content (AvgIpc) is 3.39. The molecule has 0 spiro atoms. The maximum absolute atomic E-state index is 13.0. The van der Waals surface area contributed by atoms with Gasteiger partial charge < -0.3 is 20.7 Å². The third kappa shape index (κ3) is 7.22. The molecule has 3 amide bonds. The fourth-order valence-corrected chi connectivity index (χ4v) is 4.21. The SMILES string of the molecule is Nc1ccccc1NC(=O)c1ccc(CN(CCCN2CCOCC2)C(=O)Nc2nccs2)cn1. The van der Waals surface area contributed by atoms with E-state index in [4.69, 9.17) is 10.5 Å². The summed E-state index contributed by atoms with van der Waals surface area (Å²) in [6.45, 7) is 5.14. The molecule has 10 nitrogen and oxygen atoms in total. The highest BCUT2D eigenvalue weighted by atomic mass is 32.1. The molecule has 1 aliphatic heterocycles. The van der Waals surface area contributed by atoms with Crippen LogP contribution in [0.25, 0.3) is 0 Å². The molecule has 35 heavy (non-hydrogen) atoms. The number of nitrogens with one attached hydrogen (secondary N) is 2. The number of nitrogens with two attached hydrogens (primary N) is 1. The number of nitrogen functional groups attached to an aromatic ring is 1. The van der Waals surface area contributed by atoms with Gasteiger partial charge in [0.2, 0.25) is 0 Å². The maximum Gasteiger partial charge on any atom is 0.323 e. The zero-order chi connectivity index (χ0) is 24.5. The highest BCUT2D eigenvalue weighted by molar-refractivity contribution is 7.13. The van der Waals surface area contributed by atoms with Crippen LogP contribution in [0.15, 0.2) is 54.2 Å². The van der Waals surface area contributed by atoms with Crippen molar-refractivity contribution in [3.05, 3.63) is 65.4 Å². The van der Waals surface area contributed by atoms with Crippen molar-refractivity contribution in [3.63, 3.8) is 0 Å². The number of anilines is 3. The quantitative estimate of drug-likeness (QED) is 0.389. The van der Waals surface area contributed by atoms with Crippen molar-refractivity contribution < 1.29 is 14.3 Å². The zero-order valence-electron chi connectivity index (χ0n) is 19.4. The van der Waals surface area contributed by atoms with E-state index in [1.165, 1.54) is 11.3 Å². The number of thiazole rings is 1. The van der Waals surface area contributed by atoms with Gasteiger partial charge in [0.1, 0.15) is 5.69 Å². The van der Waals surface area contributed by atoms with Crippen LogP contribution in [0.5, 0.6) is 0 Å². The van der Waals surface area contributed by atoms with Crippen molar-refractivity contribution in [1.29, 1.82) is 0 Å². The van der Waals surface area contributed by atoms with Gasteiger partial charge in [-0.05, 0) is 30.2 Å². The van der Waals surface area contributed by atoms with Crippen molar-refractivity contribution in [3.8, 4) is 0 Å². The highest BCUT2D eigenvalue weighted by Crippen LogP contribution is 2.18. The number of benzene rings is 1. The minimum Gasteiger partial charge on any atom is -0.397 e. The number of nitrogens with zero attached hydrogens (tertiary/aromatic N) is 4. The minimum atomic E-state index is -0.349. The van der Waals surface area contributed by atoms with Crippen LogP contribution in [-0.4, -0.2) is 71.1 Å². The molecule has 0 aliphatic carbocycles. The van der Waals surface area contributed by atoms with Gasteiger partial charge in [-0.1, -0.05) is 18.2 Å². The monoisotopic (exact) mass is 495 g/mol. The Morgan fingerprint density at radius 3 is 2.66 bits per heavy atom. The Kier molecular flexibility index (Phi) is 8.60. The molecule has 1 aromatic carbocycles. The summed E-state index contributed by atoms with van der Waals surface area (Å²) in [6, 6.07) is 10.3. The third-order valence-electron chi connectivity index (χ3n) is 5.58. The topological polar surface area (TPSA) is 126 Å². The Morgan fingerprint density at radius 1 is 1.11 bits per heavy atom. The van der Waals surface area contributed by atoms with Gasteiger partial charge >= 0.3 is 6.03 Å². The van der Waals surface area contributed by atoms with E-state index in [-0.39, 0.29) is 17.6 Å². The second-order valence-corrected chi connectivity index (χ2v) is 8.98. The number of para-hydroxylation sites is 2. The first-order valence-corrected chi connectivity index (χ1v) is 12.3. The number of morpholine rings is 1. The van der Waals surface area contributed by atoms with E-state index in [9.17, 15) is 9.59 Å². The first-order chi connectivity index (χ1) is 17.1. The number of amides is 3. The summed E-state index contributed by atoms with van der Waals surface area (Å²) in [7, 11) is 0. The maximum atomic E-state index is 13.0. The molecule has 11 heteroatoms. The number of hydrogen-bond donors (Lipinski definition) is 3. The highest BCUT2D eigenvalue weighted by Gasteiger charge is 2.18. The largest absolute Gasteiger partial charge is 0.397 e. The number of aromatic nitrogens is 2. The average molecular weight is 496 g/mol. The molecule has 4 N–H and O–H groups in total. The minimum absolute atomic E-state index is 0.219. The Morgan fingerprint density at radius 2 is 1.94 bits per heavy atom. The molecule has 1 aliphatic rings. The van der Waals surface area contributed by atoms with Gasteiger partial charge in [0.15, 0.2) is 5.13 Å². The van der Waals surface area contributed by atoms with Gasteiger partial charge in [0.05, 0.1) is 24.6 Å². The number of urea groups is 1. The van der Waals surface area contributed by atoms with Crippen LogP contribution in [0, 0.1) is 0 Å². The summed E-state index contributed by atoms with van der Waals surface area (Å²) in [6.07, 6.45) is 4.10. The number of hydrogen-bond acceptors (Lipinski definition) is 8. The van der Waals surface area contributed by atoms with E-state index in [0.29, 0.717) is 29.6 Å². The van der Waals surface area contributed by atoms with Crippen molar-refractivity contribution in [2.75, 3.05) is 55.8 Å². The van der Waals surface area contributed by atoms with Gasteiger partial charge in [-0.3, -0.25) is 20.0 Å². The Bertz CT molecular complexity index is 1100. The predicted molar refractivity (Wildman–Crippen MR) is 136 cm³/mol. The van der Waals surface area contributed by atoms with Crippen LogP contribution in [0.4, 0.5) is 21.3 Å². The lowest BCUT2D eigenvalue weighted by Gasteiger charge is -2.28. The van der Waals surface area contributed by atoms with Crippen LogP contribution in [0.2, 0.25) is 0 Å². The van der Waals surface area contributed by atoms with Crippen molar-refractivity contribution in [2.24, 2.45) is 0 Å². The van der Waals surface area contributed by atoms with E-state index in [1.54, 1.807) is 47.6 Å². The number of ether oxygens (including phenoxy) is 1. The Balaban J connectivity index is 1.37. The van der Waals surface area contributed by atoms with Crippen molar-refractivity contribution >= 4 is 39.8 Å². The number of carbonyl (C=O) groups is 2. The van der Waals surface area contributed by atoms with Crippen LogP contribution < -0.4 is 16.4 Å². The van der Waals surface area contributed by atoms with Crippen LogP contribution in [-0.2, 0) is 11.3 Å². The molecule has 4 rings (SSSR count). The fraction of sp³-hybridized carbons (Fsp3) is 0.333. The predicted octanol–water partition coefficient (Wildman–Crippen LogP) is 3.13. The van der Waals surface area contributed by atoms with Crippen LogP contribution in [0.3, 0.4) is 0 Å². The van der Waals surface area contributed by atoms with E-state index >= 15 is 0 Å².